The SMILES string of the molecule is CN=C(NCC1CCN(C2CC2)C1)N1CCN(c2cc(Cl)ccc2C)CC1. The van der Waals surface area contributed by atoms with E-state index in [9.17, 15) is 0 Å². The van der Waals surface area contributed by atoms with E-state index < -0.39 is 0 Å². The summed E-state index contributed by atoms with van der Waals surface area (Å²) in [5.74, 6) is 1.82. The number of likely N-dealkylation sites (tertiary alicyclic amines) is 1. The third-order valence-electron chi connectivity index (χ3n) is 6.23. The maximum Gasteiger partial charge on any atom is 0.193 e. The second-order valence-corrected chi connectivity index (χ2v) is 8.65. The summed E-state index contributed by atoms with van der Waals surface area (Å²) in [5, 5.41) is 4.46. The van der Waals surface area contributed by atoms with Crippen molar-refractivity contribution in [3.63, 3.8) is 0 Å². The Hall–Kier alpha value is -1.46. The molecule has 4 rings (SSSR count). The molecule has 1 aromatic rings. The number of benzene rings is 1. The molecule has 1 unspecified atom stereocenters. The molecule has 6 heteroatoms. The Bertz CT molecular complexity index is 679. The van der Waals surface area contributed by atoms with E-state index in [1.807, 2.05) is 13.1 Å². The van der Waals surface area contributed by atoms with Gasteiger partial charge in [-0.15, -0.1) is 0 Å². The summed E-state index contributed by atoms with van der Waals surface area (Å²) in [5.41, 5.74) is 2.55. The van der Waals surface area contributed by atoms with Crippen molar-refractivity contribution in [2.24, 2.45) is 10.9 Å². The van der Waals surface area contributed by atoms with Gasteiger partial charge in [0.15, 0.2) is 5.96 Å². The number of anilines is 1. The van der Waals surface area contributed by atoms with Crippen LogP contribution in [0.25, 0.3) is 0 Å². The van der Waals surface area contributed by atoms with Crippen LogP contribution in [0.4, 0.5) is 5.69 Å². The molecule has 1 atom stereocenters. The van der Waals surface area contributed by atoms with Gasteiger partial charge in [-0.2, -0.15) is 0 Å². The van der Waals surface area contributed by atoms with Crippen molar-refractivity contribution in [1.29, 1.82) is 0 Å². The van der Waals surface area contributed by atoms with Crippen LogP contribution in [0.3, 0.4) is 0 Å². The van der Waals surface area contributed by atoms with Crippen LogP contribution in [0.5, 0.6) is 0 Å². The van der Waals surface area contributed by atoms with Gasteiger partial charge >= 0.3 is 0 Å². The minimum absolute atomic E-state index is 0.762. The van der Waals surface area contributed by atoms with Crippen molar-refractivity contribution < 1.29 is 0 Å². The van der Waals surface area contributed by atoms with Crippen LogP contribution in [-0.4, -0.2) is 74.7 Å². The predicted molar refractivity (Wildman–Crippen MR) is 114 cm³/mol. The lowest BCUT2D eigenvalue weighted by molar-refractivity contribution is 0.312. The lowest BCUT2D eigenvalue weighted by Crippen LogP contribution is -2.53. The fourth-order valence-corrected chi connectivity index (χ4v) is 4.62. The highest BCUT2D eigenvalue weighted by Crippen LogP contribution is 2.31. The average Bonchev–Trinajstić information content (AvgIpc) is 3.43. The molecule has 3 fully saturated rings. The Balaban J connectivity index is 1.27. The van der Waals surface area contributed by atoms with Gasteiger partial charge in [-0.3, -0.25) is 4.99 Å². The number of nitrogens with one attached hydrogen (secondary N) is 1. The van der Waals surface area contributed by atoms with Gasteiger partial charge < -0.3 is 20.0 Å². The number of aryl methyl sites for hydroxylation is 1. The number of aliphatic imine (C=N–C) groups is 1. The van der Waals surface area contributed by atoms with Crippen LogP contribution in [0, 0.1) is 12.8 Å². The average molecular weight is 390 g/mol. The fraction of sp³-hybridized carbons (Fsp3) is 0.667. The third-order valence-corrected chi connectivity index (χ3v) is 6.47. The van der Waals surface area contributed by atoms with E-state index in [2.05, 4.69) is 44.1 Å². The monoisotopic (exact) mass is 389 g/mol. The van der Waals surface area contributed by atoms with Gasteiger partial charge in [-0.25, -0.2) is 0 Å². The zero-order chi connectivity index (χ0) is 18.8. The second-order valence-electron chi connectivity index (χ2n) is 8.21. The number of piperazine rings is 1. The van der Waals surface area contributed by atoms with Crippen molar-refractivity contribution in [3.05, 3.63) is 28.8 Å². The topological polar surface area (TPSA) is 34.1 Å². The lowest BCUT2D eigenvalue weighted by Gasteiger charge is -2.38. The van der Waals surface area contributed by atoms with E-state index in [0.29, 0.717) is 0 Å². The van der Waals surface area contributed by atoms with Gasteiger partial charge in [0.1, 0.15) is 0 Å². The standard InChI is InChI=1S/C21H32ClN5/c1-16-3-4-18(22)13-20(16)25-9-11-26(12-10-25)21(23-2)24-14-17-7-8-27(15-17)19-5-6-19/h3-4,13,17,19H,5-12,14-15H2,1-2H3,(H,23,24). The molecule has 3 aliphatic rings. The molecule has 0 spiro atoms. The maximum absolute atomic E-state index is 6.21. The number of hydrogen-bond acceptors (Lipinski definition) is 3. The Morgan fingerprint density at radius 3 is 2.63 bits per heavy atom. The van der Waals surface area contributed by atoms with E-state index in [1.165, 1.54) is 43.6 Å². The summed E-state index contributed by atoms with van der Waals surface area (Å²) >= 11 is 6.21. The van der Waals surface area contributed by atoms with Crippen LogP contribution in [-0.2, 0) is 0 Å². The van der Waals surface area contributed by atoms with Crippen molar-refractivity contribution in [3.8, 4) is 0 Å². The van der Waals surface area contributed by atoms with Crippen LogP contribution < -0.4 is 10.2 Å². The van der Waals surface area contributed by atoms with Gasteiger partial charge in [0.05, 0.1) is 0 Å². The van der Waals surface area contributed by atoms with Gasteiger partial charge in [0, 0.05) is 63.1 Å². The highest BCUT2D eigenvalue weighted by Gasteiger charge is 2.34. The smallest absolute Gasteiger partial charge is 0.193 e. The van der Waals surface area contributed by atoms with E-state index in [1.54, 1.807) is 0 Å². The van der Waals surface area contributed by atoms with Crippen molar-refractivity contribution in [2.45, 2.75) is 32.2 Å². The third kappa shape index (κ3) is 4.52. The quantitative estimate of drug-likeness (QED) is 0.634. The molecule has 0 aromatic heterocycles. The molecule has 5 nitrogen and oxygen atoms in total. The lowest BCUT2D eigenvalue weighted by atomic mass is 10.1. The van der Waals surface area contributed by atoms with E-state index in [0.717, 1.165) is 55.7 Å². The number of guanidine groups is 1. The highest BCUT2D eigenvalue weighted by atomic mass is 35.5. The van der Waals surface area contributed by atoms with Crippen LogP contribution in [0.2, 0.25) is 5.02 Å². The first-order valence-electron chi connectivity index (χ1n) is 10.3. The minimum Gasteiger partial charge on any atom is -0.368 e. The first kappa shape index (κ1) is 18.9. The summed E-state index contributed by atoms with van der Waals surface area (Å²) in [6.07, 6.45) is 4.15. The molecule has 2 aliphatic heterocycles. The van der Waals surface area contributed by atoms with Gasteiger partial charge in [0.2, 0.25) is 0 Å². The number of hydrogen-bond donors (Lipinski definition) is 1. The van der Waals surface area contributed by atoms with Crippen LogP contribution in [0.1, 0.15) is 24.8 Å². The molecule has 1 aromatic carbocycles. The molecule has 0 radical (unpaired) electrons. The summed E-state index contributed by atoms with van der Waals surface area (Å²) in [4.78, 5) is 12.1. The summed E-state index contributed by atoms with van der Waals surface area (Å²) in [6.45, 7) is 9.73. The van der Waals surface area contributed by atoms with Crippen LogP contribution in [0.15, 0.2) is 23.2 Å². The molecule has 0 amide bonds. The summed E-state index contributed by atoms with van der Waals surface area (Å²) in [6, 6.07) is 7.07. The maximum atomic E-state index is 6.21. The van der Waals surface area contributed by atoms with Crippen molar-refractivity contribution in [1.82, 2.24) is 15.1 Å². The highest BCUT2D eigenvalue weighted by molar-refractivity contribution is 6.30. The molecular weight excluding hydrogens is 358 g/mol. The number of nitrogens with zero attached hydrogens (tertiary/aromatic N) is 4. The Labute approximate surface area is 168 Å². The Kier molecular flexibility index (Phi) is 5.79. The number of halogens is 1. The second kappa shape index (κ2) is 8.27. The van der Waals surface area contributed by atoms with Gasteiger partial charge in [0.25, 0.3) is 0 Å². The molecule has 148 valence electrons. The van der Waals surface area contributed by atoms with E-state index in [4.69, 9.17) is 11.6 Å². The Morgan fingerprint density at radius 1 is 1.15 bits per heavy atom. The van der Waals surface area contributed by atoms with Crippen molar-refractivity contribution >= 4 is 23.2 Å². The molecule has 1 aliphatic carbocycles. The molecular formula is C21H32ClN5. The van der Waals surface area contributed by atoms with E-state index >= 15 is 0 Å². The normalized spacial score (nSPS) is 24.6. The first-order valence-corrected chi connectivity index (χ1v) is 10.7. The largest absolute Gasteiger partial charge is 0.368 e. The van der Waals surface area contributed by atoms with Crippen LogP contribution >= 0.6 is 11.6 Å². The molecule has 2 heterocycles. The predicted octanol–water partition coefficient (Wildman–Crippen LogP) is 2.83. The van der Waals surface area contributed by atoms with Gasteiger partial charge in [-0.1, -0.05) is 17.7 Å². The minimum atomic E-state index is 0.762. The molecule has 1 N–H and O–H groups in total. The zero-order valence-electron chi connectivity index (χ0n) is 16.6. The molecule has 27 heavy (non-hydrogen) atoms. The Morgan fingerprint density at radius 2 is 1.93 bits per heavy atom. The molecule has 0 bridgehead atoms. The number of rotatable bonds is 4. The zero-order valence-corrected chi connectivity index (χ0v) is 17.4. The van der Waals surface area contributed by atoms with E-state index in [-0.39, 0.29) is 0 Å². The fourth-order valence-electron chi connectivity index (χ4n) is 4.45. The summed E-state index contributed by atoms with van der Waals surface area (Å²) < 4.78 is 0. The first-order chi connectivity index (χ1) is 13.1. The van der Waals surface area contributed by atoms with Crippen molar-refractivity contribution in [2.75, 3.05) is 57.8 Å². The van der Waals surface area contributed by atoms with Gasteiger partial charge in [-0.05, 0) is 56.3 Å². The molecule has 1 saturated carbocycles. The summed E-state index contributed by atoms with van der Waals surface area (Å²) in [7, 11) is 1.90. The molecule has 2 saturated heterocycles.